The number of carbonyl (C=O) groups excluding carboxylic acids is 2. The van der Waals surface area contributed by atoms with Crippen molar-refractivity contribution in [2.24, 2.45) is 5.92 Å². The van der Waals surface area contributed by atoms with Crippen molar-refractivity contribution in [2.75, 3.05) is 6.54 Å². The lowest BCUT2D eigenvalue weighted by Gasteiger charge is -2.12. The molecule has 2 amide bonds. The molecule has 1 fully saturated rings. The van der Waals surface area contributed by atoms with Crippen molar-refractivity contribution in [2.45, 2.75) is 57.9 Å². The molecule has 0 aliphatic heterocycles. The molecule has 0 aromatic carbocycles. The highest BCUT2D eigenvalue weighted by Gasteiger charge is 2.30. The van der Waals surface area contributed by atoms with Gasteiger partial charge in [-0.3, -0.25) is 14.4 Å². The van der Waals surface area contributed by atoms with E-state index in [0.717, 1.165) is 12.8 Å². The maximum atomic E-state index is 11.7. The smallest absolute Gasteiger partial charge is 0.306 e. The molecule has 0 spiro atoms. The van der Waals surface area contributed by atoms with Crippen molar-refractivity contribution in [3.63, 3.8) is 0 Å². The number of amides is 2. The van der Waals surface area contributed by atoms with Crippen molar-refractivity contribution >= 4 is 17.8 Å². The standard InChI is InChI=1S/C14H24N2O4/c1-2-8-15-12(17)4-3-5-13(18)16-11-7-6-10(9-11)14(19)20/h10-11H,2-9H2,1H3,(H,15,17)(H,16,18)(H,19,20)/t10-,11+/m1/s1. The molecule has 0 radical (unpaired) electrons. The molecule has 0 aromatic heterocycles. The lowest BCUT2D eigenvalue weighted by Crippen LogP contribution is -2.33. The average molecular weight is 284 g/mol. The number of rotatable bonds is 8. The molecule has 0 bridgehead atoms. The quantitative estimate of drug-likeness (QED) is 0.621. The number of hydrogen-bond donors (Lipinski definition) is 3. The van der Waals surface area contributed by atoms with Crippen molar-refractivity contribution in [1.29, 1.82) is 0 Å². The summed E-state index contributed by atoms with van der Waals surface area (Å²) in [5.41, 5.74) is 0. The summed E-state index contributed by atoms with van der Waals surface area (Å²) >= 11 is 0. The van der Waals surface area contributed by atoms with Gasteiger partial charge in [-0.2, -0.15) is 0 Å². The molecule has 6 heteroatoms. The predicted octanol–water partition coefficient (Wildman–Crippen LogP) is 1.05. The molecular formula is C14H24N2O4. The number of carbonyl (C=O) groups is 3. The van der Waals surface area contributed by atoms with Crippen LogP contribution in [-0.4, -0.2) is 35.5 Å². The van der Waals surface area contributed by atoms with Crippen LogP contribution in [0.5, 0.6) is 0 Å². The van der Waals surface area contributed by atoms with E-state index in [2.05, 4.69) is 10.6 Å². The van der Waals surface area contributed by atoms with Crippen LogP contribution in [0.15, 0.2) is 0 Å². The Kier molecular flexibility index (Phi) is 7.04. The van der Waals surface area contributed by atoms with E-state index in [1.165, 1.54) is 0 Å². The van der Waals surface area contributed by atoms with Crippen LogP contribution < -0.4 is 10.6 Å². The Balaban J connectivity index is 2.12. The topological polar surface area (TPSA) is 95.5 Å². The zero-order valence-corrected chi connectivity index (χ0v) is 12.0. The second kappa shape index (κ2) is 8.55. The zero-order valence-electron chi connectivity index (χ0n) is 12.0. The minimum absolute atomic E-state index is 0.0218. The van der Waals surface area contributed by atoms with Crippen LogP contribution in [0.3, 0.4) is 0 Å². The van der Waals surface area contributed by atoms with E-state index >= 15 is 0 Å². The molecule has 1 aliphatic rings. The predicted molar refractivity (Wildman–Crippen MR) is 74.1 cm³/mol. The Morgan fingerprint density at radius 3 is 2.45 bits per heavy atom. The Hall–Kier alpha value is -1.59. The highest BCUT2D eigenvalue weighted by atomic mass is 16.4. The third-order valence-electron chi connectivity index (χ3n) is 3.53. The zero-order chi connectivity index (χ0) is 15.0. The lowest BCUT2D eigenvalue weighted by atomic mass is 10.1. The maximum absolute atomic E-state index is 11.7. The average Bonchev–Trinajstić information content (AvgIpc) is 2.85. The van der Waals surface area contributed by atoms with Crippen LogP contribution >= 0.6 is 0 Å². The van der Waals surface area contributed by atoms with Gasteiger partial charge in [0.15, 0.2) is 0 Å². The Labute approximate surface area is 119 Å². The van der Waals surface area contributed by atoms with Crippen LogP contribution in [0.25, 0.3) is 0 Å². The van der Waals surface area contributed by atoms with Crippen molar-refractivity contribution in [3.8, 4) is 0 Å². The van der Waals surface area contributed by atoms with Gasteiger partial charge in [-0.25, -0.2) is 0 Å². The van der Waals surface area contributed by atoms with Crippen LogP contribution in [0.2, 0.25) is 0 Å². The van der Waals surface area contributed by atoms with E-state index < -0.39 is 5.97 Å². The molecule has 0 saturated heterocycles. The van der Waals surface area contributed by atoms with Gasteiger partial charge in [-0.15, -0.1) is 0 Å². The number of aliphatic carboxylic acids is 1. The van der Waals surface area contributed by atoms with Gasteiger partial charge in [-0.1, -0.05) is 6.92 Å². The van der Waals surface area contributed by atoms with Gasteiger partial charge in [0.2, 0.25) is 11.8 Å². The molecule has 1 saturated carbocycles. The van der Waals surface area contributed by atoms with Crippen molar-refractivity contribution < 1.29 is 19.5 Å². The summed E-state index contributed by atoms with van der Waals surface area (Å²) in [5, 5.41) is 14.5. The fourth-order valence-corrected chi connectivity index (χ4v) is 2.40. The highest BCUT2D eigenvalue weighted by Crippen LogP contribution is 2.25. The second-order valence-electron chi connectivity index (χ2n) is 5.32. The van der Waals surface area contributed by atoms with Gasteiger partial charge in [0.1, 0.15) is 0 Å². The molecule has 0 unspecified atom stereocenters. The first kappa shape index (κ1) is 16.5. The first-order chi connectivity index (χ1) is 9.52. The van der Waals surface area contributed by atoms with Crippen LogP contribution in [0, 0.1) is 5.92 Å². The lowest BCUT2D eigenvalue weighted by molar-refractivity contribution is -0.141. The van der Waals surface area contributed by atoms with Crippen molar-refractivity contribution in [3.05, 3.63) is 0 Å². The molecule has 1 aliphatic carbocycles. The summed E-state index contributed by atoms with van der Waals surface area (Å²) in [6.45, 7) is 2.66. The van der Waals surface area contributed by atoms with Gasteiger partial charge in [0, 0.05) is 25.4 Å². The SMILES string of the molecule is CCCNC(=O)CCCC(=O)N[C@H]1CC[C@@H](C(=O)O)C1. The first-order valence-corrected chi connectivity index (χ1v) is 7.31. The summed E-state index contributed by atoms with van der Waals surface area (Å²) in [6.07, 6.45) is 3.95. The molecule has 114 valence electrons. The third-order valence-corrected chi connectivity index (χ3v) is 3.53. The van der Waals surface area contributed by atoms with E-state index in [0.29, 0.717) is 38.6 Å². The Morgan fingerprint density at radius 1 is 1.15 bits per heavy atom. The number of carboxylic acid groups (broad SMARTS) is 1. The highest BCUT2D eigenvalue weighted by molar-refractivity contribution is 5.79. The van der Waals surface area contributed by atoms with Crippen LogP contribution in [-0.2, 0) is 14.4 Å². The maximum Gasteiger partial charge on any atom is 0.306 e. The molecule has 3 N–H and O–H groups in total. The largest absolute Gasteiger partial charge is 0.481 e. The Bertz CT molecular complexity index is 357. The molecule has 2 atom stereocenters. The van der Waals surface area contributed by atoms with Crippen LogP contribution in [0.4, 0.5) is 0 Å². The van der Waals surface area contributed by atoms with E-state index in [9.17, 15) is 14.4 Å². The Morgan fingerprint density at radius 2 is 1.85 bits per heavy atom. The van der Waals surface area contributed by atoms with Crippen molar-refractivity contribution in [1.82, 2.24) is 10.6 Å². The second-order valence-corrected chi connectivity index (χ2v) is 5.32. The van der Waals surface area contributed by atoms with Gasteiger partial charge < -0.3 is 15.7 Å². The first-order valence-electron chi connectivity index (χ1n) is 7.31. The summed E-state index contributed by atoms with van der Waals surface area (Å²) in [6, 6.07) is -0.0301. The molecule has 6 nitrogen and oxygen atoms in total. The van der Waals surface area contributed by atoms with Gasteiger partial charge >= 0.3 is 5.97 Å². The molecule has 20 heavy (non-hydrogen) atoms. The molecule has 1 rings (SSSR count). The van der Waals surface area contributed by atoms with E-state index in [-0.39, 0.29) is 23.8 Å². The van der Waals surface area contributed by atoms with E-state index in [1.54, 1.807) is 0 Å². The van der Waals surface area contributed by atoms with E-state index in [4.69, 9.17) is 5.11 Å². The van der Waals surface area contributed by atoms with Gasteiger partial charge in [0.25, 0.3) is 0 Å². The summed E-state index contributed by atoms with van der Waals surface area (Å²) < 4.78 is 0. The minimum Gasteiger partial charge on any atom is -0.481 e. The normalized spacial score (nSPS) is 21.4. The van der Waals surface area contributed by atoms with Gasteiger partial charge in [0.05, 0.1) is 5.92 Å². The molecule has 0 aromatic rings. The fraction of sp³-hybridized carbons (Fsp3) is 0.786. The summed E-state index contributed by atoms with van der Waals surface area (Å²) in [4.78, 5) is 33.8. The monoisotopic (exact) mass is 284 g/mol. The summed E-state index contributed by atoms with van der Waals surface area (Å²) in [5.74, 6) is -1.23. The number of hydrogen-bond acceptors (Lipinski definition) is 3. The minimum atomic E-state index is -0.783. The molecule has 0 heterocycles. The van der Waals surface area contributed by atoms with Crippen LogP contribution in [0.1, 0.15) is 51.9 Å². The summed E-state index contributed by atoms with van der Waals surface area (Å²) in [7, 11) is 0. The molecular weight excluding hydrogens is 260 g/mol. The van der Waals surface area contributed by atoms with E-state index in [1.807, 2.05) is 6.92 Å². The number of carboxylic acids is 1. The fourth-order valence-electron chi connectivity index (χ4n) is 2.40. The third kappa shape index (κ3) is 6.04. The van der Waals surface area contributed by atoms with Gasteiger partial charge in [-0.05, 0) is 32.1 Å². The number of nitrogens with one attached hydrogen (secondary N) is 2.